The van der Waals surface area contributed by atoms with Gasteiger partial charge in [-0.05, 0) is 29.8 Å². The van der Waals surface area contributed by atoms with Crippen LogP contribution in [-0.4, -0.2) is 62.1 Å². The zero-order chi connectivity index (χ0) is 19.1. The number of halogens is 1. The summed E-state index contributed by atoms with van der Waals surface area (Å²) >= 11 is 0. The average Bonchev–Trinajstić information content (AvgIpc) is 2.74. The summed E-state index contributed by atoms with van der Waals surface area (Å²) in [5.74, 6) is 1.69. The minimum Gasteiger partial charge on any atom is -0.497 e. The molecule has 2 N–H and O–H groups in total. The molecule has 7 heteroatoms. The minimum absolute atomic E-state index is 0. The van der Waals surface area contributed by atoms with E-state index >= 15 is 0 Å². The van der Waals surface area contributed by atoms with Crippen molar-refractivity contribution in [2.45, 2.75) is 6.54 Å². The lowest BCUT2D eigenvalue weighted by molar-refractivity contribution is 0.0620. The third-order valence-electron chi connectivity index (χ3n) is 4.81. The van der Waals surface area contributed by atoms with Crippen LogP contribution in [0.25, 0.3) is 0 Å². The molecule has 0 aliphatic carbocycles. The molecule has 0 unspecified atom stereocenters. The first-order valence-corrected chi connectivity index (χ1v) is 9.27. The van der Waals surface area contributed by atoms with Crippen molar-refractivity contribution in [1.82, 2.24) is 9.80 Å². The fourth-order valence-electron chi connectivity index (χ4n) is 3.12. The molecule has 28 heavy (non-hydrogen) atoms. The molecule has 0 spiro atoms. The van der Waals surface area contributed by atoms with Crippen LogP contribution in [0.3, 0.4) is 0 Å². The highest BCUT2D eigenvalue weighted by Crippen LogP contribution is 2.18. The molecule has 6 nitrogen and oxygen atoms in total. The number of ether oxygens (including phenoxy) is 2. The van der Waals surface area contributed by atoms with Crippen LogP contribution in [0.2, 0.25) is 0 Å². The van der Waals surface area contributed by atoms with Crippen LogP contribution in [0.1, 0.15) is 15.9 Å². The third-order valence-corrected chi connectivity index (χ3v) is 4.81. The van der Waals surface area contributed by atoms with Crippen LogP contribution in [0.4, 0.5) is 0 Å². The molecule has 1 aliphatic rings. The van der Waals surface area contributed by atoms with Crippen LogP contribution in [0.15, 0.2) is 48.5 Å². The molecular weight excluding hydrogens is 378 g/mol. The molecule has 152 valence electrons. The van der Waals surface area contributed by atoms with Crippen molar-refractivity contribution in [2.75, 3.05) is 46.4 Å². The number of carbonyl (C=O) groups excluding carboxylic acids is 1. The number of piperazine rings is 1. The van der Waals surface area contributed by atoms with E-state index in [0.29, 0.717) is 13.2 Å². The summed E-state index contributed by atoms with van der Waals surface area (Å²) in [6, 6.07) is 15.2. The van der Waals surface area contributed by atoms with Gasteiger partial charge >= 0.3 is 0 Å². The molecule has 0 atom stereocenters. The number of methoxy groups -OCH3 is 1. The van der Waals surface area contributed by atoms with Gasteiger partial charge < -0.3 is 20.1 Å². The molecule has 2 aromatic rings. The largest absolute Gasteiger partial charge is 0.497 e. The number of carbonyl (C=O) groups is 1. The topological polar surface area (TPSA) is 68.0 Å². The van der Waals surface area contributed by atoms with Gasteiger partial charge in [-0.1, -0.05) is 18.2 Å². The maximum atomic E-state index is 12.6. The van der Waals surface area contributed by atoms with E-state index in [9.17, 15) is 4.79 Å². The molecule has 1 fully saturated rings. The first kappa shape index (κ1) is 22.0. The second-order valence-electron chi connectivity index (χ2n) is 6.56. The van der Waals surface area contributed by atoms with E-state index in [0.717, 1.165) is 55.3 Å². The molecule has 0 aromatic heterocycles. The first-order chi connectivity index (χ1) is 13.2. The standard InChI is InChI=1S/C21H27N3O3.ClH/c1-26-19-3-2-4-20(15-19)27-14-13-23-9-11-24(12-10-23)21(25)18-7-5-17(16-22)6-8-18;/h2-8,15H,9-14,16,22H2,1H3;1H. The van der Waals surface area contributed by atoms with Crippen molar-refractivity contribution in [3.05, 3.63) is 59.7 Å². The summed E-state index contributed by atoms with van der Waals surface area (Å²) in [5, 5.41) is 0. The number of nitrogens with zero attached hydrogens (tertiary/aromatic N) is 2. The molecule has 3 rings (SSSR count). The zero-order valence-corrected chi connectivity index (χ0v) is 17.0. The number of amides is 1. The lowest BCUT2D eigenvalue weighted by Crippen LogP contribution is -2.49. The highest BCUT2D eigenvalue weighted by atomic mass is 35.5. The maximum absolute atomic E-state index is 12.6. The van der Waals surface area contributed by atoms with Gasteiger partial charge in [-0.2, -0.15) is 0 Å². The monoisotopic (exact) mass is 405 g/mol. The normalized spacial score (nSPS) is 14.3. The predicted octanol–water partition coefficient (Wildman–Crippen LogP) is 2.41. The Labute approximate surface area is 172 Å². The van der Waals surface area contributed by atoms with Crippen molar-refractivity contribution in [2.24, 2.45) is 5.73 Å². The van der Waals surface area contributed by atoms with E-state index in [4.69, 9.17) is 15.2 Å². The molecule has 0 bridgehead atoms. The summed E-state index contributed by atoms with van der Waals surface area (Å²) in [4.78, 5) is 16.8. The Hall–Kier alpha value is -2.28. The van der Waals surface area contributed by atoms with E-state index < -0.39 is 0 Å². The number of benzene rings is 2. The third kappa shape index (κ3) is 5.86. The number of hydrogen-bond donors (Lipinski definition) is 1. The predicted molar refractivity (Wildman–Crippen MR) is 112 cm³/mol. The smallest absolute Gasteiger partial charge is 0.253 e. The van der Waals surface area contributed by atoms with Gasteiger partial charge in [-0.15, -0.1) is 12.4 Å². The second kappa shape index (κ2) is 10.9. The summed E-state index contributed by atoms with van der Waals surface area (Å²) in [7, 11) is 1.65. The van der Waals surface area contributed by atoms with Gasteiger partial charge in [0.15, 0.2) is 0 Å². The lowest BCUT2D eigenvalue weighted by Gasteiger charge is -2.34. The van der Waals surface area contributed by atoms with Gasteiger partial charge in [0.1, 0.15) is 18.1 Å². The van der Waals surface area contributed by atoms with Crippen LogP contribution in [-0.2, 0) is 6.54 Å². The molecule has 1 saturated heterocycles. The molecule has 1 heterocycles. The van der Waals surface area contributed by atoms with E-state index in [1.54, 1.807) is 7.11 Å². The van der Waals surface area contributed by atoms with Crippen molar-refractivity contribution < 1.29 is 14.3 Å². The highest BCUT2D eigenvalue weighted by molar-refractivity contribution is 5.94. The second-order valence-corrected chi connectivity index (χ2v) is 6.56. The zero-order valence-electron chi connectivity index (χ0n) is 16.2. The van der Waals surface area contributed by atoms with Gasteiger partial charge in [0, 0.05) is 50.9 Å². The highest BCUT2D eigenvalue weighted by Gasteiger charge is 2.21. The molecule has 2 aromatic carbocycles. The van der Waals surface area contributed by atoms with Gasteiger partial charge in [-0.3, -0.25) is 9.69 Å². The maximum Gasteiger partial charge on any atom is 0.253 e. The summed E-state index contributed by atoms with van der Waals surface area (Å²) < 4.78 is 11.0. The van der Waals surface area contributed by atoms with Crippen LogP contribution >= 0.6 is 12.4 Å². The Morgan fingerprint density at radius 2 is 1.71 bits per heavy atom. The van der Waals surface area contributed by atoms with Gasteiger partial charge in [-0.25, -0.2) is 0 Å². The number of hydrogen-bond acceptors (Lipinski definition) is 5. The lowest BCUT2D eigenvalue weighted by atomic mass is 10.1. The quantitative estimate of drug-likeness (QED) is 0.766. The molecule has 0 saturated carbocycles. The van der Waals surface area contributed by atoms with Crippen molar-refractivity contribution in [3.63, 3.8) is 0 Å². The Morgan fingerprint density at radius 3 is 2.36 bits per heavy atom. The van der Waals surface area contributed by atoms with Crippen LogP contribution in [0.5, 0.6) is 11.5 Å². The number of nitrogens with two attached hydrogens (primary N) is 1. The van der Waals surface area contributed by atoms with Crippen molar-refractivity contribution in [3.8, 4) is 11.5 Å². The Kier molecular flexibility index (Phi) is 8.57. The van der Waals surface area contributed by atoms with Gasteiger partial charge in [0.25, 0.3) is 5.91 Å². The Morgan fingerprint density at radius 1 is 1.04 bits per heavy atom. The minimum atomic E-state index is 0. The number of rotatable bonds is 7. The first-order valence-electron chi connectivity index (χ1n) is 9.27. The molecule has 1 amide bonds. The molecule has 1 aliphatic heterocycles. The van der Waals surface area contributed by atoms with Crippen LogP contribution in [0, 0.1) is 0 Å². The van der Waals surface area contributed by atoms with E-state index in [2.05, 4.69) is 4.90 Å². The fraction of sp³-hybridized carbons (Fsp3) is 0.381. The van der Waals surface area contributed by atoms with E-state index in [1.807, 2.05) is 53.4 Å². The Balaban J connectivity index is 0.00000280. The SMILES string of the molecule is COc1cccc(OCCN2CCN(C(=O)c3ccc(CN)cc3)CC2)c1.Cl. The van der Waals surface area contributed by atoms with Crippen LogP contribution < -0.4 is 15.2 Å². The van der Waals surface area contributed by atoms with Crippen molar-refractivity contribution >= 4 is 18.3 Å². The summed E-state index contributed by atoms with van der Waals surface area (Å²) in [6.45, 7) is 5.12. The summed E-state index contributed by atoms with van der Waals surface area (Å²) in [5.41, 5.74) is 7.37. The molecular formula is C21H28ClN3O3. The Bertz CT molecular complexity index is 747. The fourth-order valence-corrected chi connectivity index (χ4v) is 3.12. The average molecular weight is 406 g/mol. The van der Waals surface area contributed by atoms with Crippen molar-refractivity contribution in [1.29, 1.82) is 0 Å². The van der Waals surface area contributed by atoms with E-state index in [-0.39, 0.29) is 18.3 Å². The van der Waals surface area contributed by atoms with Gasteiger partial charge in [0.2, 0.25) is 0 Å². The summed E-state index contributed by atoms with van der Waals surface area (Å²) in [6.07, 6.45) is 0. The molecule has 0 radical (unpaired) electrons. The van der Waals surface area contributed by atoms with Gasteiger partial charge in [0.05, 0.1) is 7.11 Å². The van der Waals surface area contributed by atoms with E-state index in [1.165, 1.54) is 0 Å².